The summed E-state index contributed by atoms with van der Waals surface area (Å²) in [5, 5.41) is 0. The van der Waals surface area contributed by atoms with Gasteiger partial charge in [0, 0.05) is 5.41 Å². The largest absolute Gasteiger partial charge is 0.299 e. The molecule has 0 spiro atoms. The molecule has 0 radical (unpaired) electrons. The number of hydrogen-bond donors (Lipinski definition) is 0. The van der Waals surface area contributed by atoms with Crippen molar-refractivity contribution in [2.24, 2.45) is 17.3 Å². The minimum Gasteiger partial charge on any atom is -0.299 e. The van der Waals surface area contributed by atoms with E-state index in [4.69, 9.17) is 0 Å². The van der Waals surface area contributed by atoms with Crippen molar-refractivity contribution >= 4 is 6.29 Å². The van der Waals surface area contributed by atoms with Gasteiger partial charge >= 0.3 is 0 Å². The molecule has 13 heavy (non-hydrogen) atoms. The Morgan fingerprint density at radius 3 is 2.85 bits per heavy atom. The Morgan fingerprint density at radius 2 is 2.31 bits per heavy atom. The smallest absolute Gasteiger partial charge is 0.142 e. The van der Waals surface area contributed by atoms with Crippen LogP contribution in [0, 0.1) is 17.3 Å². The molecule has 1 nitrogen and oxygen atoms in total. The van der Waals surface area contributed by atoms with Crippen LogP contribution in [0.15, 0.2) is 24.3 Å². The number of allylic oxidation sites excluding steroid dienone is 3. The van der Waals surface area contributed by atoms with Gasteiger partial charge in [0.15, 0.2) is 0 Å². The first-order valence-electron chi connectivity index (χ1n) is 5.00. The number of rotatable bonds is 2. The Balaban J connectivity index is 2.27. The molecule has 0 saturated heterocycles. The quantitative estimate of drug-likeness (QED) is 0.359. The van der Waals surface area contributed by atoms with E-state index in [1.165, 1.54) is 24.8 Å². The van der Waals surface area contributed by atoms with Crippen molar-refractivity contribution in [3.8, 4) is 0 Å². The van der Waals surface area contributed by atoms with E-state index in [2.05, 4.69) is 13.5 Å². The average Bonchev–Trinajstić information content (AvgIpc) is 2.68. The lowest BCUT2D eigenvalue weighted by molar-refractivity contribution is -0.104. The molecular weight excluding hydrogens is 160 g/mol. The molecule has 2 bridgehead atoms. The van der Waals surface area contributed by atoms with Crippen LogP contribution in [-0.4, -0.2) is 6.29 Å². The molecule has 0 aromatic heterocycles. The van der Waals surface area contributed by atoms with Crippen LogP contribution in [0.1, 0.15) is 26.2 Å². The highest BCUT2D eigenvalue weighted by atomic mass is 16.1. The molecule has 2 rings (SSSR count). The van der Waals surface area contributed by atoms with Gasteiger partial charge in [-0.25, -0.2) is 0 Å². The van der Waals surface area contributed by atoms with Crippen LogP contribution in [0.4, 0.5) is 0 Å². The average molecular weight is 176 g/mol. The van der Waals surface area contributed by atoms with Crippen molar-refractivity contribution < 1.29 is 4.79 Å². The Morgan fingerprint density at radius 1 is 1.54 bits per heavy atom. The molecule has 2 fully saturated rings. The van der Waals surface area contributed by atoms with Gasteiger partial charge in [-0.05, 0) is 37.2 Å². The molecule has 0 aliphatic heterocycles. The maximum atomic E-state index is 10.3. The summed E-state index contributed by atoms with van der Waals surface area (Å²) < 4.78 is 0. The fourth-order valence-corrected chi connectivity index (χ4v) is 3.03. The van der Waals surface area contributed by atoms with Gasteiger partial charge in [-0.3, -0.25) is 4.79 Å². The lowest BCUT2D eigenvalue weighted by Gasteiger charge is -2.33. The molecule has 1 heteroatoms. The van der Waals surface area contributed by atoms with E-state index in [1.807, 2.05) is 6.08 Å². The third-order valence-corrected chi connectivity index (χ3v) is 3.99. The SMILES string of the molecule is C=C1[C@@H]2CC[C@@H](C2)[C@@]1(C)C=CC=O. The van der Waals surface area contributed by atoms with Crippen LogP contribution in [0.3, 0.4) is 0 Å². The molecule has 0 aromatic rings. The van der Waals surface area contributed by atoms with E-state index >= 15 is 0 Å². The summed E-state index contributed by atoms with van der Waals surface area (Å²) in [4.78, 5) is 10.3. The van der Waals surface area contributed by atoms with Gasteiger partial charge in [0.2, 0.25) is 0 Å². The zero-order chi connectivity index (χ0) is 9.47. The third kappa shape index (κ3) is 1.10. The monoisotopic (exact) mass is 176 g/mol. The molecule has 0 aromatic carbocycles. The van der Waals surface area contributed by atoms with Crippen LogP contribution in [0.5, 0.6) is 0 Å². The first-order valence-corrected chi connectivity index (χ1v) is 5.00. The van der Waals surface area contributed by atoms with E-state index in [9.17, 15) is 4.79 Å². The highest BCUT2D eigenvalue weighted by Crippen LogP contribution is 2.59. The van der Waals surface area contributed by atoms with E-state index in [-0.39, 0.29) is 5.41 Å². The lowest BCUT2D eigenvalue weighted by atomic mass is 9.72. The summed E-state index contributed by atoms with van der Waals surface area (Å²) in [6.45, 7) is 6.40. The van der Waals surface area contributed by atoms with Crippen LogP contribution in [-0.2, 0) is 4.79 Å². The summed E-state index contributed by atoms with van der Waals surface area (Å²) in [5.41, 5.74) is 1.46. The summed E-state index contributed by atoms with van der Waals surface area (Å²) in [6, 6.07) is 0. The van der Waals surface area contributed by atoms with Gasteiger partial charge in [0.1, 0.15) is 6.29 Å². The molecule has 0 unspecified atom stereocenters. The molecule has 0 amide bonds. The third-order valence-electron chi connectivity index (χ3n) is 3.99. The van der Waals surface area contributed by atoms with Gasteiger partial charge < -0.3 is 0 Å². The molecule has 2 saturated carbocycles. The van der Waals surface area contributed by atoms with Gasteiger partial charge in [0.05, 0.1) is 0 Å². The molecule has 0 heterocycles. The molecule has 70 valence electrons. The number of aldehydes is 1. The number of carbonyl (C=O) groups is 1. The van der Waals surface area contributed by atoms with Crippen molar-refractivity contribution in [1.82, 2.24) is 0 Å². The van der Waals surface area contributed by atoms with Crippen molar-refractivity contribution in [3.63, 3.8) is 0 Å². The molecule has 2 aliphatic rings. The molecule has 3 atom stereocenters. The second-order valence-electron chi connectivity index (χ2n) is 4.51. The first kappa shape index (κ1) is 8.74. The van der Waals surface area contributed by atoms with Crippen LogP contribution >= 0.6 is 0 Å². The fraction of sp³-hybridized carbons (Fsp3) is 0.583. The second kappa shape index (κ2) is 2.83. The van der Waals surface area contributed by atoms with Gasteiger partial charge in [-0.1, -0.05) is 25.2 Å². The van der Waals surface area contributed by atoms with E-state index in [0.717, 1.165) is 18.1 Å². The predicted molar refractivity (Wildman–Crippen MR) is 53.3 cm³/mol. The van der Waals surface area contributed by atoms with Gasteiger partial charge in [0.25, 0.3) is 0 Å². The normalized spacial score (nSPS) is 43.3. The fourth-order valence-electron chi connectivity index (χ4n) is 3.03. The van der Waals surface area contributed by atoms with Gasteiger partial charge in [-0.15, -0.1) is 0 Å². The number of hydrogen-bond acceptors (Lipinski definition) is 1. The van der Waals surface area contributed by atoms with Crippen molar-refractivity contribution in [1.29, 1.82) is 0 Å². The highest BCUT2D eigenvalue weighted by Gasteiger charge is 2.49. The van der Waals surface area contributed by atoms with Crippen LogP contribution < -0.4 is 0 Å². The standard InChI is InChI=1S/C12H16O/c1-9-10-4-5-11(8-10)12(9,2)6-3-7-13/h3,6-7,10-11H,1,4-5,8H2,2H3/t10-,11+,12+/m1/s1. The zero-order valence-electron chi connectivity index (χ0n) is 8.12. The Hall–Kier alpha value is -0.850. The van der Waals surface area contributed by atoms with Crippen molar-refractivity contribution in [3.05, 3.63) is 24.3 Å². The number of fused-ring (bicyclic) bond motifs is 2. The van der Waals surface area contributed by atoms with Crippen LogP contribution in [0.2, 0.25) is 0 Å². The highest BCUT2D eigenvalue weighted by molar-refractivity contribution is 5.65. The minimum absolute atomic E-state index is 0.115. The maximum absolute atomic E-state index is 10.3. The van der Waals surface area contributed by atoms with E-state index < -0.39 is 0 Å². The predicted octanol–water partition coefficient (Wildman–Crippen LogP) is 2.73. The topological polar surface area (TPSA) is 17.1 Å². The van der Waals surface area contributed by atoms with Gasteiger partial charge in [-0.2, -0.15) is 0 Å². The maximum Gasteiger partial charge on any atom is 0.142 e. The molecular formula is C12H16O. The first-order chi connectivity index (χ1) is 6.18. The summed E-state index contributed by atoms with van der Waals surface area (Å²) >= 11 is 0. The van der Waals surface area contributed by atoms with E-state index in [0.29, 0.717) is 0 Å². The van der Waals surface area contributed by atoms with Crippen LogP contribution in [0.25, 0.3) is 0 Å². The summed E-state index contributed by atoms with van der Waals surface area (Å²) in [5.74, 6) is 1.47. The van der Waals surface area contributed by atoms with Crippen molar-refractivity contribution in [2.45, 2.75) is 26.2 Å². The summed E-state index contributed by atoms with van der Waals surface area (Å²) in [7, 11) is 0. The Labute approximate surface area is 79.5 Å². The molecule has 2 aliphatic carbocycles. The second-order valence-corrected chi connectivity index (χ2v) is 4.51. The van der Waals surface area contributed by atoms with Crippen molar-refractivity contribution in [2.75, 3.05) is 0 Å². The summed E-state index contributed by atoms with van der Waals surface area (Å²) in [6.07, 6.45) is 8.46. The zero-order valence-corrected chi connectivity index (χ0v) is 8.12. The molecule has 0 N–H and O–H groups in total. The Kier molecular flexibility index (Phi) is 1.90. The number of carbonyl (C=O) groups excluding carboxylic acids is 1. The Bertz CT molecular complexity index is 277. The minimum atomic E-state index is 0.115. The lowest BCUT2D eigenvalue weighted by Crippen LogP contribution is -2.23. The van der Waals surface area contributed by atoms with E-state index in [1.54, 1.807) is 6.08 Å².